The Balaban J connectivity index is 1.31. The fourth-order valence-electron chi connectivity index (χ4n) is 3.22. The van der Waals surface area contributed by atoms with E-state index in [1.54, 1.807) is 0 Å². The molecule has 1 amide bonds. The third kappa shape index (κ3) is 4.39. The summed E-state index contributed by atoms with van der Waals surface area (Å²) in [4.78, 5) is 12.3. The number of amides is 1. The topological polar surface area (TPSA) is 59.8 Å². The quantitative estimate of drug-likeness (QED) is 0.640. The molecule has 2 unspecified atom stereocenters. The Hall–Kier alpha value is -2.60. The van der Waals surface area contributed by atoms with Crippen LogP contribution in [0.3, 0.4) is 0 Å². The van der Waals surface area contributed by atoms with E-state index in [4.69, 9.17) is 0 Å². The van der Waals surface area contributed by atoms with E-state index in [0.29, 0.717) is 18.2 Å². The molecule has 0 aliphatic heterocycles. The molecule has 1 heterocycles. The van der Waals surface area contributed by atoms with Gasteiger partial charge in [-0.1, -0.05) is 72.4 Å². The number of hydrogen-bond donors (Lipinski definition) is 1. The van der Waals surface area contributed by atoms with Gasteiger partial charge in [0.2, 0.25) is 5.91 Å². The molecule has 1 aromatic heterocycles. The molecule has 1 aliphatic rings. The maximum Gasteiger partial charge on any atom is 0.230 e. The summed E-state index contributed by atoms with van der Waals surface area (Å²) < 4.78 is 2.05. The highest BCUT2D eigenvalue weighted by molar-refractivity contribution is 7.99. The summed E-state index contributed by atoms with van der Waals surface area (Å²) in [5, 5.41) is 12.3. The second kappa shape index (κ2) is 7.96. The van der Waals surface area contributed by atoms with Gasteiger partial charge in [0, 0.05) is 12.0 Å². The Kier molecular flexibility index (Phi) is 5.25. The molecule has 2 aromatic carbocycles. The Morgan fingerprint density at radius 1 is 1.11 bits per heavy atom. The van der Waals surface area contributed by atoms with Gasteiger partial charge in [0.1, 0.15) is 5.82 Å². The van der Waals surface area contributed by atoms with Gasteiger partial charge in [0.05, 0.1) is 12.3 Å². The van der Waals surface area contributed by atoms with E-state index in [2.05, 4.69) is 44.3 Å². The van der Waals surface area contributed by atoms with Crippen LogP contribution in [0.25, 0.3) is 0 Å². The van der Waals surface area contributed by atoms with Crippen molar-refractivity contribution in [1.82, 2.24) is 20.1 Å². The van der Waals surface area contributed by atoms with E-state index in [1.165, 1.54) is 22.9 Å². The third-order valence-corrected chi connectivity index (χ3v) is 5.75. The Morgan fingerprint density at radius 3 is 2.56 bits per heavy atom. The lowest BCUT2D eigenvalue weighted by Crippen LogP contribution is -2.28. The summed E-state index contributed by atoms with van der Waals surface area (Å²) in [5.41, 5.74) is 2.49. The summed E-state index contributed by atoms with van der Waals surface area (Å²) in [5.74, 6) is 1.71. The average molecular weight is 379 g/mol. The summed E-state index contributed by atoms with van der Waals surface area (Å²) >= 11 is 1.44. The average Bonchev–Trinajstić information content (AvgIpc) is 3.38. The van der Waals surface area contributed by atoms with Gasteiger partial charge < -0.3 is 9.88 Å². The van der Waals surface area contributed by atoms with E-state index in [1.807, 2.05) is 43.3 Å². The zero-order chi connectivity index (χ0) is 18.6. The molecular formula is C21H22N4OS. The zero-order valence-electron chi connectivity index (χ0n) is 15.2. The Bertz CT molecular complexity index is 910. The SMILES string of the molecule is Cc1nnc(SCC(=O)NC2CC2c2ccccc2)n1Cc1ccccc1. The van der Waals surface area contributed by atoms with Crippen molar-refractivity contribution in [1.29, 1.82) is 0 Å². The molecule has 6 heteroatoms. The van der Waals surface area contributed by atoms with Crippen LogP contribution in [0.15, 0.2) is 65.8 Å². The van der Waals surface area contributed by atoms with Crippen LogP contribution in [0, 0.1) is 6.92 Å². The van der Waals surface area contributed by atoms with Crippen molar-refractivity contribution in [2.45, 2.75) is 37.0 Å². The fourth-order valence-corrected chi connectivity index (χ4v) is 4.01. The van der Waals surface area contributed by atoms with E-state index < -0.39 is 0 Å². The second-order valence-corrected chi connectivity index (χ2v) is 7.76. The summed E-state index contributed by atoms with van der Waals surface area (Å²) in [7, 11) is 0. The molecular weight excluding hydrogens is 356 g/mol. The minimum absolute atomic E-state index is 0.0512. The molecule has 0 bridgehead atoms. The minimum atomic E-state index is 0.0512. The van der Waals surface area contributed by atoms with Crippen LogP contribution in [0.1, 0.15) is 29.3 Å². The lowest BCUT2D eigenvalue weighted by Gasteiger charge is -2.09. The van der Waals surface area contributed by atoms with Gasteiger partial charge in [-0.3, -0.25) is 4.79 Å². The van der Waals surface area contributed by atoms with Crippen LogP contribution >= 0.6 is 11.8 Å². The molecule has 1 aliphatic carbocycles. The predicted molar refractivity (Wildman–Crippen MR) is 107 cm³/mol. The van der Waals surface area contributed by atoms with Gasteiger partial charge in [-0.15, -0.1) is 10.2 Å². The number of aromatic nitrogens is 3. The number of hydrogen-bond acceptors (Lipinski definition) is 4. The van der Waals surface area contributed by atoms with Crippen LogP contribution in [0.4, 0.5) is 0 Å². The first-order valence-electron chi connectivity index (χ1n) is 9.11. The first kappa shape index (κ1) is 17.8. The zero-order valence-corrected chi connectivity index (χ0v) is 16.0. The monoisotopic (exact) mass is 378 g/mol. The molecule has 5 nitrogen and oxygen atoms in total. The minimum Gasteiger partial charge on any atom is -0.352 e. The molecule has 1 saturated carbocycles. The number of nitrogens with one attached hydrogen (secondary N) is 1. The summed E-state index contributed by atoms with van der Waals surface area (Å²) in [6.45, 7) is 2.65. The van der Waals surface area contributed by atoms with Gasteiger partial charge in [-0.2, -0.15) is 0 Å². The number of aryl methyl sites for hydroxylation is 1. The van der Waals surface area contributed by atoms with Crippen molar-refractivity contribution in [3.63, 3.8) is 0 Å². The van der Waals surface area contributed by atoms with Crippen LogP contribution in [-0.2, 0) is 11.3 Å². The molecule has 2 atom stereocenters. The van der Waals surface area contributed by atoms with Gasteiger partial charge in [0.25, 0.3) is 0 Å². The van der Waals surface area contributed by atoms with Crippen molar-refractivity contribution in [2.24, 2.45) is 0 Å². The van der Waals surface area contributed by atoms with Crippen LogP contribution in [-0.4, -0.2) is 32.5 Å². The van der Waals surface area contributed by atoms with Gasteiger partial charge in [0.15, 0.2) is 5.16 Å². The molecule has 1 fully saturated rings. The highest BCUT2D eigenvalue weighted by atomic mass is 32.2. The molecule has 0 radical (unpaired) electrons. The van der Waals surface area contributed by atoms with Crippen molar-refractivity contribution >= 4 is 17.7 Å². The molecule has 4 rings (SSSR count). The maximum atomic E-state index is 12.3. The van der Waals surface area contributed by atoms with E-state index in [0.717, 1.165) is 17.4 Å². The smallest absolute Gasteiger partial charge is 0.230 e. The number of rotatable bonds is 7. The Labute approximate surface area is 163 Å². The second-order valence-electron chi connectivity index (χ2n) is 6.82. The van der Waals surface area contributed by atoms with Crippen molar-refractivity contribution < 1.29 is 4.79 Å². The molecule has 0 spiro atoms. The van der Waals surface area contributed by atoms with Gasteiger partial charge >= 0.3 is 0 Å². The van der Waals surface area contributed by atoms with Crippen molar-refractivity contribution in [3.05, 3.63) is 77.6 Å². The predicted octanol–water partition coefficient (Wildman–Crippen LogP) is 3.40. The lowest BCUT2D eigenvalue weighted by molar-refractivity contribution is -0.118. The molecule has 1 N–H and O–H groups in total. The fraction of sp³-hybridized carbons (Fsp3) is 0.286. The van der Waals surface area contributed by atoms with Gasteiger partial charge in [-0.25, -0.2) is 0 Å². The maximum absolute atomic E-state index is 12.3. The first-order valence-corrected chi connectivity index (χ1v) is 10.1. The van der Waals surface area contributed by atoms with Crippen molar-refractivity contribution in [2.75, 3.05) is 5.75 Å². The van der Waals surface area contributed by atoms with Crippen LogP contribution in [0.5, 0.6) is 0 Å². The van der Waals surface area contributed by atoms with E-state index >= 15 is 0 Å². The third-order valence-electron chi connectivity index (χ3n) is 4.78. The van der Waals surface area contributed by atoms with Gasteiger partial charge in [-0.05, 0) is 24.5 Å². The number of nitrogens with zero attached hydrogens (tertiary/aromatic N) is 3. The van der Waals surface area contributed by atoms with Crippen molar-refractivity contribution in [3.8, 4) is 0 Å². The molecule has 27 heavy (non-hydrogen) atoms. The highest BCUT2D eigenvalue weighted by Crippen LogP contribution is 2.40. The number of carbonyl (C=O) groups is 1. The number of benzene rings is 2. The summed E-state index contributed by atoms with van der Waals surface area (Å²) in [6, 6.07) is 20.8. The first-order chi connectivity index (χ1) is 13.2. The van der Waals surface area contributed by atoms with E-state index in [-0.39, 0.29) is 11.9 Å². The molecule has 3 aromatic rings. The molecule has 138 valence electrons. The number of carbonyl (C=O) groups excluding carboxylic acids is 1. The van der Waals surface area contributed by atoms with Crippen LogP contribution in [0.2, 0.25) is 0 Å². The van der Waals surface area contributed by atoms with Crippen LogP contribution < -0.4 is 5.32 Å². The number of thioether (sulfide) groups is 1. The normalized spacial score (nSPS) is 18.3. The summed E-state index contributed by atoms with van der Waals surface area (Å²) in [6.07, 6.45) is 1.02. The highest BCUT2D eigenvalue weighted by Gasteiger charge is 2.39. The largest absolute Gasteiger partial charge is 0.352 e. The standard InChI is InChI=1S/C21H22N4OS/c1-15-23-24-21(25(15)13-16-8-4-2-5-9-16)27-14-20(26)22-19-12-18(19)17-10-6-3-7-11-17/h2-11,18-19H,12-14H2,1H3,(H,22,26). The Morgan fingerprint density at radius 2 is 1.81 bits per heavy atom. The lowest BCUT2D eigenvalue weighted by atomic mass is 10.1. The molecule has 0 saturated heterocycles. The van der Waals surface area contributed by atoms with E-state index in [9.17, 15) is 4.79 Å².